The van der Waals surface area contributed by atoms with Crippen LogP contribution in [0.2, 0.25) is 0 Å². The number of aliphatic hydroxyl groups is 2. The second kappa shape index (κ2) is 10.3. The molecule has 0 spiro atoms. The van der Waals surface area contributed by atoms with Gasteiger partial charge >= 0.3 is 0 Å². The van der Waals surface area contributed by atoms with Crippen molar-refractivity contribution in [1.82, 2.24) is 15.3 Å². The van der Waals surface area contributed by atoms with Crippen LogP contribution in [0, 0.1) is 28.4 Å². The van der Waals surface area contributed by atoms with Crippen LogP contribution in [-0.4, -0.2) is 38.8 Å². The van der Waals surface area contributed by atoms with E-state index in [-0.39, 0.29) is 37.3 Å². The number of carbonyl (C=O) groups excluding carboxylic acids is 1. The van der Waals surface area contributed by atoms with Gasteiger partial charge in [-0.3, -0.25) is 9.78 Å². The van der Waals surface area contributed by atoms with E-state index in [0.29, 0.717) is 30.0 Å². The average Bonchev–Trinajstić information content (AvgIpc) is 3.28. The molecule has 2 aliphatic carbocycles. The van der Waals surface area contributed by atoms with Crippen molar-refractivity contribution in [3.8, 4) is 0 Å². The van der Waals surface area contributed by atoms with Crippen LogP contribution in [0.25, 0.3) is 0 Å². The molecule has 1 aromatic carbocycles. The number of rotatable bonds is 7. The zero-order valence-corrected chi connectivity index (χ0v) is 22.2. The number of nitrogens with one attached hydrogen (secondary N) is 2. The number of hydrogen-bond acceptors (Lipinski definition) is 7. The minimum Gasteiger partial charge on any atom is -0.396 e. The van der Waals surface area contributed by atoms with Crippen LogP contribution in [0.3, 0.4) is 0 Å². The molecule has 2 heterocycles. The van der Waals surface area contributed by atoms with Gasteiger partial charge in [0.15, 0.2) is 5.13 Å². The van der Waals surface area contributed by atoms with Crippen LogP contribution in [0.1, 0.15) is 55.2 Å². The molecule has 1 fully saturated rings. The van der Waals surface area contributed by atoms with Gasteiger partial charge < -0.3 is 20.8 Å². The predicted octanol–water partition coefficient (Wildman–Crippen LogP) is 4.68. The molecule has 5 rings (SSSR count). The molecule has 0 aliphatic heterocycles. The van der Waals surface area contributed by atoms with Gasteiger partial charge in [0.1, 0.15) is 11.6 Å². The SMILES string of the molecule is CC1(CO)C(O)CCC2(C)C(CC(=O)NCc3cc(F)cc(F)c3)c3nc(Nc4cccnc4)sc3CC12. The Balaban J connectivity index is 1.45. The molecule has 5 atom stereocenters. The number of anilines is 2. The number of aromatic nitrogens is 2. The van der Waals surface area contributed by atoms with E-state index in [9.17, 15) is 23.8 Å². The number of amides is 1. The molecule has 1 amide bonds. The molecule has 10 heteroatoms. The van der Waals surface area contributed by atoms with Crippen molar-refractivity contribution in [2.75, 3.05) is 11.9 Å². The summed E-state index contributed by atoms with van der Waals surface area (Å²) in [4.78, 5) is 23.3. The number of hydrogen-bond donors (Lipinski definition) is 4. The second-order valence-electron chi connectivity index (χ2n) is 11.0. The third-order valence-corrected chi connectivity index (χ3v) is 9.62. The maximum absolute atomic E-state index is 13.6. The van der Waals surface area contributed by atoms with E-state index in [1.165, 1.54) is 23.5 Å². The van der Waals surface area contributed by atoms with Crippen LogP contribution in [0.5, 0.6) is 0 Å². The molecule has 0 saturated heterocycles. The molecule has 5 unspecified atom stereocenters. The van der Waals surface area contributed by atoms with Gasteiger partial charge in [0, 0.05) is 41.4 Å². The monoisotopic (exact) mass is 542 g/mol. The van der Waals surface area contributed by atoms with Gasteiger partial charge in [-0.2, -0.15) is 0 Å². The second-order valence-corrected chi connectivity index (χ2v) is 12.1. The fourth-order valence-corrected chi connectivity index (χ4v) is 7.52. The zero-order chi connectivity index (χ0) is 27.1. The number of nitrogens with zero attached hydrogens (tertiary/aromatic N) is 2. The first kappa shape index (κ1) is 26.6. The van der Waals surface area contributed by atoms with Gasteiger partial charge in [-0.1, -0.05) is 13.8 Å². The Morgan fingerprint density at radius 3 is 2.68 bits per heavy atom. The Kier molecular flexibility index (Phi) is 7.23. The molecule has 0 bridgehead atoms. The van der Waals surface area contributed by atoms with E-state index >= 15 is 0 Å². The lowest BCUT2D eigenvalue weighted by molar-refractivity contribution is -0.144. The maximum Gasteiger partial charge on any atom is 0.220 e. The van der Waals surface area contributed by atoms with E-state index in [2.05, 4.69) is 22.5 Å². The summed E-state index contributed by atoms with van der Waals surface area (Å²) in [7, 11) is 0. The largest absolute Gasteiger partial charge is 0.396 e. The lowest BCUT2D eigenvalue weighted by Gasteiger charge is -2.58. The number of pyridine rings is 1. The van der Waals surface area contributed by atoms with Crippen molar-refractivity contribution in [3.05, 3.63) is 70.5 Å². The highest BCUT2D eigenvalue weighted by molar-refractivity contribution is 7.15. The van der Waals surface area contributed by atoms with Crippen molar-refractivity contribution in [3.63, 3.8) is 0 Å². The van der Waals surface area contributed by atoms with Gasteiger partial charge in [-0.15, -0.1) is 11.3 Å². The molecule has 0 radical (unpaired) electrons. The Hall–Kier alpha value is -2.95. The predicted molar refractivity (Wildman–Crippen MR) is 141 cm³/mol. The Morgan fingerprint density at radius 1 is 1.24 bits per heavy atom. The number of carbonyl (C=O) groups is 1. The number of thiazole rings is 1. The molecule has 38 heavy (non-hydrogen) atoms. The summed E-state index contributed by atoms with van der Waals surface area (Å²) < 4.78 is 27.2. The highest BCUT2D eigenvalue weighted by atomic mass is 32.1. The number of fused-ring (bicyclic) bond motifs is 2. The van der Waals surface area contributed by atoms with Gasteiger partial charge in [-0.05, 0) is 60.4 Å². The van der Waals surface area contributed by atoms with Gasteiger partial charge in [0.05, 0.1) is 30.3 Å². The minimum absolute atomic E-state index is 0.00514. The number of halogens is 2. The Labute approximate surface area is 224 Å². The molecular formula is C28H32F2N4O3S. The van der Waals surface area contributed by atoms with Crippen LogP contribution in [0.15, 0.2) is 42.7 Å². The van der Waals surface area contributed by atoms with E-state index < -0.39 is 28.6 Å². The molecule has 3 aromatic rings. The number of aliphatic hydroxyl groups excluding tert-OH is 2. The summed E-state index contributed by atoms with van der Waals surface area (Å²) in [6.45, 7) is 3.91. The third kappa shape index (κ3) is 4.92. The standard InChI is InChI=1S/C28H32F2N4O3S/c1-27-6-5-23(36)28(2,15-35)22(27)12-21-25(34-26(38-21)33-19-4-3-7-31-14-19)20(27)11-24(37)32-13-16-8-17(29)10-18(30)9-16/h3-4,7-10,14,20,22-23,35-36H,5-6,11-13,15H2,1-2H3,(H,32,37)(H,33,34). The summed E-state index contributed by atoms with van der Waals surface area (Å²) in [5, 5.41) is 28.1. The smallest absolute Gasteiger partial charge is 0.220 e. The summed E-state index contributed by atoms with van der Waals surface area (Å²) in [6, 6.07) is 6.92. The molecule has 2 aliphatic rings. The van der Waals surface area contributed by atoms with Gasteiger partial charge in [0.2, 0.25) is 5.91 Å². The van der Waals surface area contributed by atoms with E-state index in [0.717, 1.165) is 22.3 Å². The van der Waals surface area contributed by atoms with Crippen molar-refractivity contribution < 1.29 is 23.8 Å². The van der Waals surface area contributed by atoms with Gasteiger partial charge in [-0.25, -0.2) is 13.8 Å². The van der Waals surface area contributed by atoms with E-state index in [1.807, 2.05) is 19.1 Å². The Morgan fingerprint density at radius 2 is 2.00 bits per heavy atom. The average molecular weight is 543 g/mol. The minimum atomic E-state index is -0.723. The molecule has 1 saturated carbocycles. The molecule has 4 N–H and O–H groups in total. The first-order valence-corrected chi connectivity index (χ1v) is 13.6. The fourth-order valence-electron chi connectivity index (χ4n) is 6.43. The van der Waals surface area contributed by atoms with Crippen LogP contribution in [-0.2, 0) is 17.8 Å². The molecular weight excluding hydrogens is 510 g/mol. The van der Waals surface area contributed by atoms with Crippen molar-refractivity contribution in [2.45, 2.75) is 58.1 Å². The molecule has 2 aromatic heterocycles. The zero-order valence-electron chi connectivity index (χ0n) is 21.4. The Bertz CT molecular complexity index is 1300. The lowest BCUT2D eigenvalue weighted by atomic mass is 9.47. The van der Waals surface area contributed by atoms with Gasteiger partial charge in [0.25, 0.3) is 0 Å². The normalized spacial score (nSPS) is 28.3. The summed E-state index contributed by atoms with van der Waals surface area (Å²) in [5.41, 5.74) is 0.873. The number of benzene rings is 1. The van der Waals surface area contributed by atoms with E-state index in [1.54, 1.807) is 12.4 Å². The summed E-state index contributed by atoms with van der Waals surface area (Å²) >= 11 is 1.51. The summed E-state index contributed by atoms with van der Waals surface area (Å²) in [5.74, 6) is -1.97. The van der Waals surface area contributed by atoms with Crippen LogP contribution < -0.4 is 10.6 Å². The third-order valence-electron chi connectivity index (χ3n) is 8.61. The first-order chi connectivity index (χ1) is 18.1. The van der Waals surface area contributed by atoms with Crippen LogP contribution >= 0.6 is 11.3 Å². The van der Waals surface area contributed by atoms with Crippen molar-refractivity contribution >= 4 is 28.1 Å². The fraction of sp³-hybridized carbons (Fsp3) is 0.464. The maximum atomic E-state index is 13.6. The van der Waals surface area contributed by atoms with Crippen molar-refractivity contribution in [2.24, 2.45) is 16.7 Å². The highest BCUT2D eigenvalue weighted by Crippen LogP contribution is 2.62. The highest BCUT2D eigenvalue weighted by Gasteiger charge is 2.59. The lowest BCUT2D eigenvalue weighted by Crippen LogP contribution is -2.57. The molecule has 7 nitrogen and oxygen atoms in total. The molecule has 202 valence electrons. The summed E-state index contributed by atoms with van der Waals surface area (Å²) in [6.07, 6.45) is 4.73. The van der Waals surface area contributed by atoms with Crippen LogP contribution in [0.4, 0.5) is 19.6 Å². The first-order valence-electron chi connectivity index (χ1n) is 12.8. The topological polar surface area (TPSA) is 107 Å². The van der Waals surface area contributed by atoms with Crippen molar-refractivity contribution in [1.29, 1.82) is 0 Å². The quantitative estimate of drug-likeness (QED) is 0.345. The van der Waals surface area contributed by atoms with E-state index in [4.69, 9.17) is 4.98 Å².